The third kappa shape index (κ3) is 2.62. The molecule has 5 heteroatoms. The van der Waals surface area contributed by atoms with E-state index in [9.17, 15) is 0 Å². The zero-order chi connectivity index (χ0) is 11.5. The van der Waals surface area contributed by atoms with Crippen LogP contribution in [0.15, 0.2) is 6.20 Å². The van der Waals surface area contributed by atoms with Crippen LogP contribution in [-0.2, 0) is 0 Å². The summed E-state index contributed by atoms with van der Waals surface area (Å²) in [7, 11) is 0. The van der Waals surface area contributed by atoms with Crippen molar-refractivity contribution in [2.75, 3.05) is 5.32 Å². The van der Waals surface area contributed by atoms with E-state index in [2.05, 4.69) is 15.3 Å². The van der Waals surface area contributed by atoms with Gasteiger partial charge in [0.15, 0.2) is 0 Å². The molecule has 2 rings (SSSR count). The summed E-state index contributed by atoms with van der Waals surface area (Å²) >= 11 is 5.95. The summed E-state index contributed by atoms with van der Waals surface area (Å²) in [6.45, 7) is 1.89. The van der Waals surface area contributed by atoms with Gasteiger partial charge in [0.1, 0.15) is 5.15 Å². The molecular weight excluding hydrogens is 224 g/mol. The monoisotopic (exact) mass is 240 g/mol. The van der Waals surface area contributed by atoms with Gasteiger partial charge in [-0.05, 0) is 19.8 Å². The van der Waals surface area contributed by atoms with Gasteiger partial charge in [0.2, 0.25) is 5.95 Å². The number of hydrogen-bond donors (Lipinski definition) is 2. The molecule has 0 aromatic carbocycles. The van der Waals surface area contributed by atoms with E-state index >= 15 is 0 Å². The van der Waals surface area contributed by atoms with E-state index in [0.29, 0.717) is 11.1 Å². The third-order valence-electron chi connectivity index (χ3n) is 3.04. The molecule has 1 heterocycles. The quantitative estimate of drug-likeness (QED) is 0.778. The van der Waals surface area contributed by atoms with Crippen LogP contribution in [0.25, 0.3) is 0 Å². The van der Waals surface area contributed by atoms with Crippen LogP contribution in [0.4, 0.5) is 5.95 Å². The normalized spacial score (nSPS) is 25.4. The fourth-order valence-corrected chi connectivity index (χ4v) is 2.12. The summed E-state index contributed by atoms with van der Waals surface area (Å²) in [5, 5.41) is 3.77. The van der Waals surface area contributed by atoms with Crippen molar-refractivity contribution >= 4 is 17.5 Å². The molecule has 0 unspecified atom stereocenters. The largest absolute Gasteiger partial charge is 0.350 e. The fourth-order valence-electron chi connectivity index (χ4n) is 2.00. The first-order chi connectivity index (χ1) is 7.66. The average molecular weight is 241 g/mol. The van der Waals surface area contributed by atoms with Gasteiger partial charge in [0, 0.05) is 23.8 Å². The number of aromatic nitrogens is 2. The van der Waals surface area contributed by atoms with Crippen LogP contribution in [0.1, 0.15) is 31.2 Å². The van der Waals surface area contributed by atoms with Crippen LogP contribution in [-0.4, -0.2) is 22.1 Å². The highest BCUT2D eigenvalue weighted by molar-refractivity contribution is 6.30. The molecule has 2 atom stereocenters. The highest BCUT2D eigenvalue weighted by atomic mass is 35.5. The van der Waals surface area contributed by atoms with Crippen LogP contribution in [0, 0.1) is 6.92 Å². The maximum atomic E-state index is 6.04. The number of halogens is 1. The minimum Gasteiger partial charge on any atom is -0.350 e. The summed E-state index contributed by atoms with van der Waals surface area (Å²) < 4.78 is 0. The van der Waals surface area contributed by atoms with Crippen molar-refractivity contribution in [2.24, 2.45) is 5.73 Å². The summed E-state index contributed by atoms with van der Waals surface area (Å²) in [5.74, 6) is 0.581. The standard InChI is InChI=1S/C11H17ClN4/c1-7-6-14-11(16-10(7)12)15-9-5-3-2-4-8(9)13/h6,8-9H,2-5,13H2,1H3,(H,14,15,16)/t8-,9+/m0/s1. The zero-order valence-corrected chi connectivity index (χ0v) is 10.2. The Labute approximate surface area is 101 Å². The van der Waals surface area contributed by atoms with Gasteiger partial charge < -0.3 is 11.1 Å². The first kappa shape index (κ1) is 11.6. The lowest BCUT2D eigenvalue weighted by Gasteiger charge is -2.29. The predicted octanol–water partition coefficient (Wildman–Crippen LogP) is 2.12. The first-order valence-electron chi connectivity index (χ1n) is 5.68. The Bertz CT molecular complexity index is 369. The Hall–Kier alpha value is -0.870. The number of rotatable bonds is 2. The Kier molecular flexibility index (Phi) is 3.61. The van der Waals surface area contributed by atoms with Crippen LogP contribution in [0.5, 0.6) is 0 Å². The molecule has 0 spiro atoms. The zero-order valence-electron chi connectivity index (χ0n) is 9.41. The summed E-state index contributed by atoms with van der Waals surface area (Å²) in [5.41, 5.74) is 6.93. The number of nitrogens with one attached hydrogen (secondary N) is 1. The van der Waals surface area contributed by atoms with Gasteiger partial charge in [-0.15, -0.1) is 0 Å². The lowest BCUT2D eigenvalue weighted by Crippen LogP contribution is -2.42. The average Bonchev–Trinajstić information content (AvgIpc) is 2.27. The molecule has 1 aromatic heterocycles. The molecular formula is C11H17ClN4. The minimum atomic E-state index is 0.192. The first-order valence-corrected chi connectivity index (χ1v) is 6.06. The van der Waals surface area contributed by atoms with Crippen LogP contribution in [0.2, 0.25) is 5.15 Å². The maximum absolute atomic E-state index is 6.04. The molecule has 0 radical (unpaired) electrons. The molecule has 88 valence electrons. The van der Waals surface area contributed by atoms with Crippen molar-refractivity contribution in [3.63, 3.8) is 0 Å². The van der Waals surface area contributed by atoms with Crippen LogP contribution < -0.4 is 11.1 Å². The van der Waals surface area contributed by atoms with E-state index in [0.717, 1.165) is 18.4 Å². The van der Waals surface area contributed by atoms with Gasteiger partial charge in [-0.25, -0.2) is 9.97 Å². The lowest BCUT2D eigenvalue weighted by atomic mass is 9.91. The summed E-state index contributed by atoms with van der Waals surface area (Å²) in [6, 6.07) is 0.463. The van der Waals surface area contributed by atoms with Crippen molar-refractivity contribution in [1.29, 1.82) is 0 Å². The molecule has 3 N–H and O–H groups in total. The van der Waals surface area contributed by atoms with E-state index < -0.39 is 0 Å². The van der Waals surface area contributed by atoms with Gasteiger partial charge in [0.25, 0.3) is 0 Å². The molecule has 0 bridgehead atoms. The topological polar surface area (TPSA) is 63.8 Å². The van der Waals surface area contributed by atoms with E-state index in [1.807, 2.05) is 6.92 Å². The number of nitrogens with two attached hydrogens (primary N) is 1. The van der Waals surface area contributed by atoms with Crippen molar-refractivity contribution in [2.45, 2.75) is 44.7 Å². The Morgan fingerprint density at radius 3 is 2.88 bits per heavy atom. The molecule has 0 aliphatic heterocycles. The van der Waals surface area contributed by atoms with Crippen molar-refractivity contribution in [1.82, 2.24) is 9.97 Å². The van der Waals surface area contributed by atoms with Crippen LogP contribution >= 0.6 is 11.6 Å². The third-order valence-corrected chi connectivity index (χ3v) is 3.43. The Balaban J connectivity index is 2.05. The predicted molar refractivity (Wildman–Crippen MR) is 65.6 cm³/mol. The SMILES string of the molecule is Cc1cnc(N[C@@H]2CCCC[C@@H]2N)nc1Cl. The smallest absolute Gasteiger partial charge is 0.224 e. The Morgan fingerprint density at radius 1 is 1.44 bits per heavy atom. The molecule has 4 nitrogen and oxygen atoms in total. The van der Waals surface area contributed by atoms with Crippen molar-refractivity contribution < 1.29 is 0 Å². The highest BCUT2D eigenvalue weighted by Gasteiger charge is 2.22. The second kappa shape index (κ2) is 4.97. The second-order valence-electron chi connectivity index (χ2n) is 4.37. The lowest BCUT2D eigenvalue weighted by molar-refractivity contribution is 0.402. The number of anilines is 1. The molecule has 1 fully saturated rings. The van der Waals surface area contributed by atoms with Gasteiger partial charge >= 0.3 is 0 Å². The van der Waals surface area contributed by atoms with E-state index in [1.54, 1.807) is 6.20 Å². The maximum Gasteiger partial charge on any atom is 0.224 e. The second-order valence-corrected chi connectivity index (χ2v) is 4.72. The van der Waals surface area contributed by atoms with Crippen molar-refractivity contribution in [3.05, 3.63) is 16.9 Å². The molecule has 16 heavy (non-hydrogen) atoms. The molecule has 1 aromatic rings. The van der Waals surface area contributed by atoms with Crippen LogP contribution in [0.3, 0.4) is 0 Å². The highest BCUT2D eigenvalue weighted by Crippen LogP contribution is 2.20. The minimum absolute atomic E-state index is 0.192. The fraction of sp³-hybridized carbons (Fsp3) is 0.636. The van der Waals surface area contributed by atoms with Gasteiger partial charge in [-0.1, -0.05) is 24.4 Å². The van der Waals surface area contributed by atoms with Gasteiger partial charge in [-0.3, -0.25) is 0 Å². The molecule has 1 saturated carbocycles. The van der Waals surface area contributed by atoms with Gasteiger partial charge in [0.05, 0.1) is 0 Å². The summed E-state index contributed by atoms with van der Waals surface area (Å²) in [6.07, 6.45) is 6.30. The number of hydrogen-bond acceptors (Lipinski definition) is 4. The Morgan fingerprint density at radius 2 is 2.19 bits per heavy atom. The van der Waals surface area contributed by atoms with E-state index in [4.69, 9.17) is 17.3 Å². The molecule has 0 saturated heterocycles. The number of aryl methyl sites for hydroxylation is 1. The van der Waals surface area contributed by atoms with E-state index in [1.165, 1.54) is 12.8 Å². The molecule has 1 aliphatic carbocycles. The molecule has 0 amide bonds. The summed E-state index contributed by atoms with van der Waals surface area (Å²) in [4.78, 5) is 8.39. The number of nitrogens with zero attached hydrogens (tertiary/aromatic N) is 2. The van der Waals surface area contributed by atoms with Crippen molar-refractivity contribution in [3.8, 4) is 0 Å². The van der Waals surface area contributed by atoms with Gasteiger partial charge in [-0.2, -0.15) is 0 Å². The molecule has 1 aliphatic rings. The van der Waals surface area contributed by atoms with E-state index in [-0.39, 0.29) is 12.1 Å².